The Morgan fingerprint density at radius 1 is 0.771 bits per heavy atom. The van der Waals surface area contributed by atoms with Crippen molar-refractivity contribution in [2.24, 2.45) is 0 Å². The molecular weight excluding hydrogens is 440 g/mol. The number of carbonyl (C=O) groups is 2. The Hall–Kier alpha value is -4.16. The third-order valence-corrected chi connectivity index (χ3v) is 6.54. The van der Waals surface area contributed by atoms with Crippen molar-refractivity contribution in [2.45, 2.75) is 19.2 Å². The second-order valence-electron chi connectivity index (χ2n) is 8.80. The van der Waals surface area contributed by atoms with Crippen molar-refractivity contribution in [1.29, 1.82) is 0 Å². The van der Waals surface area contributed by atoms with Crippen LogP contribution in [0.15, 0.2) is 84.9 Å². The number of ether oxygens (including phenoxy) is 2. The first kappa shape index (κ1) is 21.4. The fraction of sp³-hybridized carbons (Fsp3) is 0.172. The number of carbonyl (C=O) groups excluding carboxylic acids is 2. The molecule has 2 aliphatic heterocycles. The standard InChI is InChI=1S/C29H24N2O4/c32-28-23-11-1-2-12-24(23)29(33)31(28)17-21-10-6-8-19-7-5-9-20(27(19)21)15-30-16-22-18-34-25-13-3-4-14-26(25)35-22/h1-14,22,30H,15-18H2. The Balaban J connectivity index is 1.21. The molecule has 2 aliphatic rings. The summed E-state index contributed by atoms with van der Waals surface area (Å²) >= 11 is 0. The van der Waals surface area contributed by atoms with Gasteiger partial charge in [0.15, 0.2) is 11.5 Å². The fourth-order valence-electron chi connectivity index (χ4n) is 4.87. The van der Waals surface area contributed by atoms with E-state index in [9.17, 15) is 9.59 Å². The molecule has 0 saturated carbocycles. The maximum absolute atomic E-state index is 12.9. The number of hydrogen-bond donors (Lipinski definition) is 1. The van der Waals surface area contributed by atoms with Gasteiger partial charge in [-0.1, -0.05) is 60.7 Å². The van der Waals surface area contributed by atoms with E-state index >= 15 is 0 Å². The zero-order valence-corrected chi connectivity index (χ0v) is 19.1. The summed E-state index contributed by atoms with van der Waals surface area (Å²) in [7, 11) is 0. The Morgan fingerprint density at radius 2 is 1.43 bits per heavy atom. The summed E-state index contributed by atoms with van der Waals surface area (Å²) in [5.74, 6) is 1.05. The molecule has 6 heteroatoms. The number of nitrogens with one attached hydrogen (secondary N) is 1. The van der Waals surface area contributed by atoms with E-state index in [1.165, 1.54) is 4.90 Å². The summed E-state index contributed by atoms with van der Waals surface area (Å²) in [6.45, 7) is 1.98. The van der Waals surface area contributed by atoms with E-state index in [0.29, 0.717) is 30.8 Å². The van der Waals surface area contributed by atoms with Crippen LogP contribution >= 0.6 is 0 Å². The predicted molar refractivity (Wildman–Crippen MR) is 133 cm³/mol. The van der Waals surface area contributed by atoms with E-state index < -0.39 is 0 Å². The van der Waals surface area contributed by atoms with Crippen LogP contribution in [0, 0.1) is 0 Å². The molecule has 1 unspecified atom stereocenters. The van der Waals surface area contributed by atoms with Crippen molar-refractivity contribution >= 4 is 22.6 Å². The van der Waals surface area contributed by atoms with Crippen LogP contribution < -0.4 is 14.8 Å². The molecule has 6 nitrogen and oxygen atoms in total. The highest BCUT2D eigenvalue weighted by atomic mass is 16.6. The Bertz CT molecular complexity index is 1410. The number of nitrogens with zero attached hydrogens (tertiary/aromatic N) is 1. The van der Waals surface area contributed by atoms with Crippen LogP contribution in [-0.2, 0) is 13.1 Å². The molecule has 174 valence electrons. The SMILES string of the molecule is O=C1c2ccccc2C(=O)N1Cc1cccc2cccc(CNCC3COc4ccccc4O3)c12. The summed E-state index contributed by atoms with van der Waals surface area (Å²) in [5, 5.41) is 5.63. The fourth-order valence-corrected chi connectivity index (χ4v) is 4.87. The molecule has 0 bridgehead atoms. The summed E-state index contributed by atoms with van der Waals surface area (Å²) in [6.07, 6.45) is -0.0855. The lowest BCUT2D eigenvalue weighted by atomic mass is 9.98. The van der Waals surface area contributed by atoms with Crippen molar-refractivity contribution in [1.82, 2.24) is 10.2 Å². The van der Waals surface area contributed by atoms with Gasteiger partial charge in [0, 0.05) is 13.1 Å². The van der Waals surface area contributed by atoms with E-state index in [0.717, 1.165) is 33.4 Å². The molecule has 4 aromatic carbocycles. The van der Waals surface area contributed by atoms with Crippen LogP contribution in [0.25, 0.3) is 10.8 Å². The lowest BCUT2D eigenvalue weighted by molar-refractivity contribution is 0.0643. The molecule has 35 heavy (non-hydrogen) atoms. The van der Waals surface area contributed by atoms with Gasteiger partial charge in [-0.25, -0.2) is 0 Å². The van der Waals surface area contributed by atoms with E-state index in [4.69, 9.17) is 9.47 Å². The van der Waals surface area contributed by atoms with Gasteiger partial charge in [0.2, 0.25) is 0 Å². The number of benzene rings is 4. The first-order valence-electron chi connectivity index (χ1n) is 11.7. The Morgan fingerprint density at radius 3 is 2.17 bits per heavy atom. The van der Waals surface area contributed by atoms with E-state index in [2.05, 4.69) is 23.5 Å². The lowest BCUT2D eigenvalue weighted by Crippen LogP contribution is -2.38. The summed E-state index contributed by atoms with van der Waals surface area (Å²) in [6, 6.07) is 26.9. The number of imide groups is 1. The molecule has 0 saturated heterocycles. The van der Waals surface area contributed by atoms with Crippen LogP contribution in [0.4, 0.5) is 0 Å². The van der Waals surface area contributed by atoms with E-state index in [1.807, 2.05) is 42.5 Å². The highest BCUT2D eigenvalue weighted by molar-refractivity contribution is 6.21. The second kappa shape index (κ2) is 8.89. The monoisotopic (exact) mass is 464 g/mol. The van der Waals surface area contributed by atoms with Crippen LogP contribution in [0.5, 0.6) is 11.5 Å². The quantitative estimate of drug-likeness (QED) is 0.424. The molecule has 1 atom stereocenters. The Kier molecular flexibility index (Phi) is 5.43. The normalized spacial score (nSPS) is 16.6. The van der Waals surface area contributed by atoms with Crippen molar-refractivity contribution in [2.75, 3.05) is 13.2 Å². The highest BCUT2D eigenvalue weighted by Crippen LogP contribution is 2.31. The largest absolute Gasteiger partial charge is 0.486 e. The molecule has 2 heterocycles. The van der Waals surface area contributed by atoms with Crippen LogP contribution in [0.2, 0.25) is 0 Å². The van der Waals surface area contributed by atoms with Gasteiger partial charge >= 0.3 is 0 Å². The number of hydrogen-bond acceptors (Lipinski definition) is 5. The lowest BCUT2D eigenvalue weighted by Gasteiger charge is -2.26. The van der Waals surface area contributed by atoms with Crippen molar-refractivity contribution < 1.29 is 19.1 Å². The smallest absolute Gasteiger partial charge is 0.261 e. The minimum atomic E-state index is -0.243. The van der Waals surface area contributed by atoms with Crippen LogP contribution in [0.3, 0.4) is 0 Å². The van der Waals surface area contributed by atoms with Crippen LogP contribution in [0.1, 0.15) is 31.8 Å². The first-order chi connectivity index (χ1) is 17.2. The van der Waals surface area contributed by atoms with Crippen molar-refractivity contribution in [3.8, 4) is 11.5 Å². The van der Waals surface area contributed by atoms with Gasteiger partial charge in [-0.3, -0.25) is 14.5 Å². The van der Waals surface area contributed by atoms with Crippen LogP contribution in [-0.4, -0.2) is 36.0 Å². The molecule has 0 aromatic heterocycles. The van der Waals surface area contributed by atoms with Gasteiger partial charge in [0.25, 0.3) is 11.8 Å². The topological polar surface area (TPSA) is 67.9 Å². The predicted octanol–water partition coefficient (Wildman–Crippen LogP) is 4.57. The maximum atomic E-state index is 12.9. The van der Waals surface area contributed by atoms with Crippen molar-refractivity contribution in [3.05, 3.63) is 107 Å². The number of para-hydroxylation sites is 2. The zero-order valence-electron chi connectivity index (χ0n) is 19.1. The molecule has 0 spiro atoms. The highest BCUT2D eigenvalue weighted by Gasteiger charge is 2.35. The summed E-state index contributed by atoms with van der Waals surface area (Å²) in [5.41, 5.74) is 2.99. The van der Waals surface area contributed by atoms with Gasteiger partial charge in [0.1, 0.15) is 12.7 Å². The number of fused-ring (bicyclic) bond motifs is 3. The van der Waals surface area contributed by atoms with E-state index in [1.54, 1.807) is 24.3 Å². The average Bonchev–Trinajstić information content (AvgIpc) is 3.14. The van der Waals surface area contributed by atoms with Gasteiger partial charge in [-0.2, -0.15) is 0 Å². The maximum Gasteiger partial charge on any atom is 0.261 e. The second-order valence-corrected chi connectivity index (χ2v) is 8.80. The Labute approximate surface area is 203 Å². The molecular formula is C29H24N2O4. The van der Waals surface area contributed by atoms with Gasteiger partial charge < -0.3 is 14.8 Å². The molecule has 1 N–H and O–H groups in total. The van der Waals surface area contributed by atoms with Gasteiger partial charge in [-0.05, 0) is 46.2 Å². The minimum absolute atomic E-state index is 0.0855. The molecule has 0 fully saturated rings. The summed E-state index contributed by atoms with van der Waals surface area (Å²) in [4.78, 5) is 27.2. The number of amides is 2. The molecule has 0 radical (unpaired) electrons. The zero-order chi connectivity index (χ0) is 23.8. The third-order valence-electron chi connectivity index (χ3n) is 6.54. The average molecular weight is 465 g/mol. The molecule has 6 rings (SSSR count). The van der Waals surface area contributed by atoms with Gasteiger partial charge in [0.05, 0.1) is 17.7 Å². The van der Waals surface area contributed by atoms with Gasteiger partial charge in [-0.15, -0.1) is 0 Å². The van der Waals surface area contributed by atoms with E-state index in [-0.39, 0.29) is 24.5 Å². The summed E-state index contributed by atoms with van der Waals surface area (Å²) < 4.78 is 11.9. The minimum Gasteiger partial charge on any atom is -0.486 e. The molecule has 4 aromatic rings. The first-order valence-corrected chi connectivity index (χ1v) is 11.7. The molecule has 2 amide bonds. The molecule has 0 aliphatic carbocycles. The third kappa shape index (κ3) is 3.92. The number of rotatable bonds is 6. The van der Waals surface area contributed by atoms with Crippen molar-refractivity contribution in [3.63, 3.8) is 0 Å².